The molecule has 3 rings (SSSR count). The van der Waals surface area contributed by atoms with E-state index < -0.39 is 15.9 Å². The van der Waals surface area contributed by atoms with Gasteiger partial charge in [-0.25, -0.2) is 18.4 Å². The van der Waals surface area contributed by atoms with Gasteiger partial charge in [-0.05, 0) is 37.6 Å². The summed E-state index contributed by atoms with van der Waals surface area (Å²) in [6.07, 6.45) is 0.691. The van der Waals surface area contributed by atoms with E-state index in [-0.39, 0.29) is 16.3 Å². The van der Waals surface area contributed by atoms with Gasteiger partial charge in [0.15, 0.2) is 0 Å². The Labute approximate surface area is 186 Å². The largest absolute Gasteiger partial charge is 0.506 e. The van der Waals surface area contributed by atoms with Gasteiger partial charge in [0.1, 0.15) is 16.4 Å². The van der Waals surface area contributed by atoms with Crippen molar-refractivity contribution in [1.82, 2.24) is 14.3 Å². The Kier molecular flexibility index (Phi) is 6.63. The van der Waals surface area contributed by atoms with Crippen molar-refractivity contribution in [1.29, 1.82) is 0 Å². The smallest absolute Gasteiger partial charge is 0.266 e. The summed E-state index contributed by atoms with van der Waals surface area (Å²) in [7, 11) is -3.73. The van der Waals surface area contributed by atoms with Crippen LogP contribution in [0.3, 0.4) is 0 Å². The summed E-state index contributed by atoms with van der Waals surface area (Å²) in [5.74, 6) is 0.0608. The van der Waals surface area contributed by atoms with E-state index in [0.29, 0.717) is 30.2 Å². The fraction of sp³-hybridized carbons (Fsp3) is 0.381. The number of carbonyl (C=O) groups is 1. The number of phenolic OH excluding ortho intramolecular Hbond substituents is 1. The van der Waals surface area contributed by atoms with E-state index in [1.807, 2.05) is 20.8 Å². The summed E-state index contributed by atoms with van der Waals surface area (Å²) in [6, 6.07) is 3.88. The summed E-state index contributed by atoms with van der Waals surface area (Å²) >= 11 is 1.25. The number of carbonyl (C=O) groups excluding carboxylic acids is 1. The van der Waals surface area contributed by atoms with E-state index in [1.165, 1.54) is 33.8 Å². The number of anilines is 1. The maximum absolute atomic E-state index is 13.0. The molecule has 10 heteroatoms. The predicted molar refractivity (Wildman–Crippen MR) is 122 cm³/mol. The number of thiophene rings is 1. The minimum atomic E-state index is -3.73. The second-order valence-corrected chi connectivity index (χ2v) is 9.97. The van der Waals surface area contributed by atoms with Gasteiger partial charge < -0.3 is 10.4 Å². The lowest BCUT2D eigenvalue weighted by Crippen LogP contribution is -2.30. The van der Waals surface area contributed by atoms with Crippen molar-refractivity contribution in [2.45, 2.75) is 45.9 Å². The number of aromatic nitrogens is 2. The molecule has 0 bridgehead atoms. The van der Waals surface area contributed by atoms with Gasteiger partial charge in [0.25, 0.3) is 5.91 Å². The van der Waals surface area contributed by atoms with Crippen LogP contribution in [-0.2, 0) is 16.4 Å². The number of hydrogen-bond donors (Lipinski definition) is 2. The topological polar surface area (TPSA) is 112 Å². The zero-order valence-electron chi connectivity index (χ0n) is 18.2. The van der Waals surface area contributed by atoms with Crippen LogP contribution in [0.15, 0.2) is 23.1 Å². The summed E-state index contributed by atoms with van der Waals surface area (Å²) in [5, 5.41) is 13.7. The molecule has 2 aromatic heterocycles. The summed E-state index contributed by atoms with van der Waals surface area (Å²) < 4.78 is 26.9. The molecule has 166 valence electrons. The molecule has 2 N–H and O–H groups in total. The summed E-state index contributed by atoms with van der Waals surface area (Å²) in [6.45, 7) is 9.84. The van der Waals surface area contributed by atoms with Crippen LogP contribution in [0.2, 0.25) is 0 Å². The molecule has 0 aliphatic heterocycles. The number of nitrogens with zero attached hydrogens (tertiary/aromatic N) is 3. The highest BCUT2D eigenvalue weighted by molar-refractivity contribution is 7.89. The van der Waals surface area contributed by atoms with Crippen LogP contribution in [-0.4, -0.2) is 46.8 Å². The fourth-order valence-corrected chi connectivity index (χ4v) is 6.07. The molecule has 2 heterocycles. The molecule has 0 unspecified atom stereocenters. The van der Waals surface area contributed by atoms with E-state index in [2.05, 4.69) is 15.3 Å². The number of amides is 1. The summed E-state index contributed by atoms with van der Waals surface area (Å²) in [5.41, 5.74) is 1.60. The number of nitrogens with one attached hydrogen (secondary N) is 1. The number of phenols is 1. The molecule has 0 saturated heterocycles. The maximum Gasteiger partial charge on any atom is 0.266 e. The van der Waals surface area contributed by atoms with E-state index in [4.69, 9.17) is 0 Å². The van der Waals surface area contributed by atoms with E-state index >= 15 is 0 Å². The third-order valence-corrected chi connectivity index (χ3v) is 8.33. The average molecular weight is 463 g/mol. The van der Waals surface area contributed by atoms with Gasteiger partial charge in [-0.1, -0.05) is 20.8 Å². The first kappa shape index (κ1) is 23.1. The van der Waals surface area contributed by atoms with Crippen molar-refractivity contribution in [3.8, 4) is 5.75 Å². The molecule has 0 spiro atoms. The Morgan fingerprint density at radius 2 is 1.84 bits per heavy atom. The van der Waals surface area contributed by atoms with Crippen LogP contribution in [0.1, 0.15) is 47.5 Å². The zero-order valence-corrected chi connectivity index (χ0v) is 19.8. The van der Waals surface area contributed by atoms with Crippen LogP contribution < -0.4 is 5.32 Å². The highest BCUT2D eigenvalue weighted by atomic mass is 32.2. The third-order valence-electron chi connectivity index (χ3n) is 5.10. The number of aryl methyl sites for hydroxylation is 3. The number of sulfonamides is 1. The molecule has 0 aliphatic rings. The minimum Gasteiger partial charge on any atom is -0.506 e. The second kappa shape index (κ2) is 8.89. The Balaban J connectivity index is 1.99. The lowest BCUT2D eigenvalue weighted by atomic mass is 10.1. The Hall–Kier alpha value is -2.56. The van der Waals surface area contributed by atoms with Gasteiger partial charge in [0.05, 0.1) is 15.5 Å². The third kappa shape index (κ3) is 4.28. The molecule has 0 saturated carbocycles. The van der Waals surface area contributed by atoms with Crippen molar-refractivity contribution in [3.63, 3.8) is 0 Å². The normalized spacial score (nSPS) is 11.9. The van der Waals surface area contributed by atoms with E-state index in [9.17, 15) is 18.3 Å². The predicted octanol–water partition coefficient (Wildman–Crippen LogP) is 3.86. The highest BCUT2D eigenvalue weighted by Crippen LogP contribution is 2.33. The molecular formula is C21H26N4O4S2. The average Bonchev–Trinajstić information content (AvgIpc) is 3.07. The molecular weight excluding hydrogens is 436 g/mol. The van der Waals surface area contributed by atoms with Crippen molar-refractivity contribution in [3.05, 3.63) is 40.2 Å². The SMILES string of the molecule is CCc1nc(C)c2c(C)c(C(=O)Nc3cc(S(=O)(=O)N(CC)CC)ccc3O)sc2n1. The van der Waals surface area contributed by atoms with Crippen molar-refractivity contribution in [2.75, 3.05) is 18.4 Å². The van der Waals surface area contributed by atoms with Crippen molar-refractivity contribution >= 4 is 43.2 Å². The molecule has 0 aliphatic carbocycles. The number of hydrogen-bond acceptors (Lipinski definition) is 7. The Morgan fingerprint density at radius 3 is 2.45 bits per heavy atom. The van der Waals surface area contributed by atoms with Gasteiger partial charge in [0, 0.05) is 30.6 Å². The molecule has 0 atom stereocenters. The van der Waals surface area contributed by atoms with Gasteiger partial charge in [0.2, 0.25) is 10.0 Å². The molecule has 1 aromatic carbocycles. The van der Waals surface area contributed by atoms with Crippen molar-refractivity contribution < 1.29 is 18.3 Å². The monoisotopic (exact) mass is 462 g/mol. The first-order valence-electron chi connectivity index (χ1n) is 10.0. The van der Waals surface area contributed by atoms with Crippen LogP contribution in [0.4, 0.5) is 5.69 Å². The Bertz CT molecular complexity index is 1250. The highest BCUT2D eigenvalue weighted by Gasteiger charge is 2.24. The van der Waals surface area contributed by atoms with Crippen molar-refractivity contribution in [2.24, 2.45) is 0 Å². The quantitative estimate of drug-likeness (QED) is 0.516. The second-order valence-electron chi connectivity index (χ2n) is 7.04. The molecule has 0 radical (unpaired) electrons. The summed E-state index contributed by atoms with van der Waals surface area (Å²) in [4.78, 5) is 23.2. The standard InChI is InChI=1S/C21H26N4O4S2/c1-6-17-22-13(5)18-12(4)19(30-21(18)24-17)20(27)23-15-11-14(9-10-16(15)26)31(28,29)25(7-2)8-3/h9-11,26H,6-8H2,1-5H3,(H,23,27). The molecule has 3 aromatic rings. The molecule has 31 heavy (non-hydrogen) atoms. The number of rotatable bonds is 7. The first-order valence-corrected chi connectivity index (χ1v) is 12.3. The molecule has 0 fully saturated rings. The van der Waals surface area contributed by atoms with Crippen LogP contribution in [0, 0.1) is 13.8 Å². The Morgan fingerprint density at radius 1 is 1.16 bits per heavy atom. The molecule has 1 amide bonds. The maximum atomic E-state index is 13.0. The number of benzene rings is 1. The van der Waals surface area contributed by atoms with Gasteiger partial charge in [-0.3, -0.25) is 4.79 Å². The lowest BCUT2D eigenvalue weighted by molar-refractivity contribution is 0.102. The zero-order chi connectivity index (χ0) is 22.9. The van der Waals surface area contributed by atoms with Gasteiger partial charge in [-0.2, -0.15) is 4.31 Å². The van der Waals surface area contributed by atoms with Gasteiger partial charge in [-0.15, -0.1) is 11.3 Å². The lowest BCUT2D eigenvalue weighted by Gasteiger charge is -2.19. The van der Waals surface area contributed by atoms with Crippen LogP contribution in [0.25, 0.3) is 10.2 Å². The number of fused-ring (bicyclic) bond motifs is 1. The first-order chi connectivity index (χ1) is 14.6. The minimum absolute atomic E-state index is 0.00617. The fourth-order valence-electron chi connectivity index (χ4n) is 3.44. The number of aromatic hydroxyl groups is 1. The van der Waals surface area contributed by atoms with E-state index in [1.54, 1.807) is 13.8 Å². The van der Waals surface area contributed by atoms with E-state index in [0.717, 1.165) is 21.5 Å². The van der Waals surface area contributed by atoms with Crippen LogP contribution in [0.5, 0.6) is 5.75 Å². The van der Waals surface area contributed by atoms with Gasteiger partial charge >= 0.3 is 0 Å². The van der Waals surface area contributed by atoms with Crippen LogP contribution >= 0.6 is 11.3 Å². The molecule has 8 nitrogen and oxygen atoms in total.